The predicted molar refractivity (Wildman–Crippen MR) is 88.6 cm³/mol. The van der Waals surface area contributed by atoms with Gasteiger partial charge in [-0.1, -0.05) is 37.2 Å². The number of amides is 1. The van der Waals surface area contributed by atoms with Gasteiger partial charge >= 0.3 is 0 Å². The Morgan fingerprint density at radius 3 is 2.86 bits per heavy atom. The number of hydrogen-bond donors (Lipinski definition) is 1. The van der Waals surface area contributed by atoms with Crippen molar-refractivity contribution in [2.24, 2.45) is 5.92 Å². The third-order valence-corrected chi connectivity index (χ3v) is 4.08. The molecular weight excluding hydrogens is 324 g/mol. The molecule has 0 aliphatic carbocycles. The fraction of sp³-hybridized carbons (Fsp3) is 0.643. The molecular formula is C14H21ClN4O2S. The molecule has 1 aromatic heterocycles. The van der Waals surface area contributed by atoms with Gasteiger partial charge in [0.25, 0.3) is 0 Å². The van der Waals surface area contributed by atoms with Gasteiger partial charge in [-0.3, -0.25) is 4.79 Å². The first-order valence-corrected chi connectivity index (χ1v) is 8.67. The Morgan fingerprint density at radius 1 is 1.45 bits per heavy atom. The van der Waals surface area contributed by atoms with Gasteiger partial charge in [-0.2, -0.15) is 0 Å². The summed E-state index contributed by atoms with van der Waals surface area (Å²) in [6.07, 6.45) is 0. The Balaban J connectivity index is 1.93. The van der Waals surface area contributed by atoms with Crippen LogP contribution in [0.3, 0.4) is 0 Å². The van der Waals surface area contributed by atoms with E-state index in [1.807, 2.05) is 0 Å². The van der Waals surface area contributed by atoms with Crippen molar-refractivity contribution in [2.45, 2.75) is 19.0 Å². The minimum atomic E-state index is -0.0183. The van der Waals surface area contributed by atoms with Crippen molar-refractivity contribution in [2.75, 3.05) is 43.5 Å². The zero-order chi connectivity index (χ0) is 15.9. The summed E-state index contributed by atoms with van der Waals surface area (Å²) in [4.78, 5) is 22.5. The predicted octanol–water partition coefficient (Wildman–Crippen LogP) is 1.83. The number of carbonyl (C=O) groups is 1. The van der Waals surface area contributed by atoms with Gasteiger partial charge in [0.2, 0.25) is 5.91 Å². The van der Waals surface area contributed by atoms with Crippen LogP contribution in [0.15, 0.2) is 11.2 Å². The first-order chi connectivity index (χ1) is 10.5. The minimum Gasteiger partial charge on any atom is -0.378 e. The molecule has 1 aliphatic heterocycles. The number of anilines is 1. The Bertz CT molecular complexity index is 510. The minimum absolute atomic E-state index is 0.0183. The van der Waals surface area contributed by atoms with Gasteiger partial charge in [-0.15, -0.1) is 0 Å². The fourth-order valence-corrected chi connectivity index (χ4v) is 2.81. The second-order valence-corrected chi connectivity index (χ2v) is 6.75. The van der Waals surface area contributed by atoms with Crippen molar-refractivity contribution in [3.05, 3.63) is 11.2 Å². The summed E-state index contributed by atoms with van der Waals surface area (Å²) < 4.78 is 5.33. The number of rotatable bonds is 6. The van der Waals surface area contributed by atoms with E-state index in [-0.39, 0.29) is 11.7 Å². The second-order valence-electron chi connectivity index (χ2n) is 5.42. The third kappa shape index (κ3) is 5.62. The van der Waals surface area contributed by atoms with Crippen molar-refractivity contribution in [3.8, 4) is 0 Å². The SMILES string of the molecule is CC(C)CNC(=O)CSc1nc(Cl)cc(N2CCOCC2)n1. The van der Waals surface area contributed by atoms with Gasteiger partial charge in [-0.25, -0.2) is 9.97 Å². The van der Waals surface area contributed by atoms with Gasteiger partial charge in [0.15, 0.2) is 5.16 Å². The largest absolute Gasteiger partial charge is 0.378 e. The molecule has 0 radical (unpaired) electrons. The van der Waals surface area contributed by atoms with E-state index < -0.39 is 0 Å². The van der Waals surface area contributed by atoms with E-state index >= 15 is 0 Å². The maximum atomic E-state index is 11.7. The number of thioether (sulfide) groups is 1. The summed E-state index contributed by atoms with van der Waals surface area (Å²) in [6.45, 7) is 7.72. The van der Waals surface area contributed by atoms with Gasteiger partial charge in [0.05, 0.1) is 19.0 Å². The number of nitrogens with one attached hydrogen (secondary N) is 1. The molecule has 1 N–H and O–H groups in total. The molecule has 1 saturated heterocycles. The molecule has 22 heavy (non-hydrogen) atoms. The Hall–Kier alpha value is -1.05. The van der Waals surface area contributed by atoms with E-state index in [4.69, 9.17) is 16.3 Å². The number of morpholine rings is 1. The maximum Gasteiger partial charge on any atom is 0.230 e. The highest BCUT2D eigenvalue weighted by atomic mass is 35.5. The summed E-state index contributed by atoms with van der Waals surface area (Å²) in [5.74, 6) is 1.49. The molecule has 8 heteroatoms. The maximum absolute atomic E-state index is 11.7. The molecule has 0 bridgehead atoms. The molecule has 1 aliphatic rings. The molecule has 0 saturated carbocycles. The third-order valence-electron chi connectivity index (χ3n) is 3.04. The van der Waals surface area contributed by atoms with Crippen LogP contribution in [0, 0.1) is 5.92 Å². The van der Waals surface area contributed by atoms with Crippen LogP contribution in [0.5, 0.6) is 0 Å². The number of halogens is 1. The fourth-order valence-electron chi connectivity index (χ4n) is 1.90. The molecule has 0 atom stereocenters. The van der Waals surface area contributed by atoms with E-state index in [0.717, 1.165) is 18.9 Å². The van der Waals surface area contributed by atoms with Gasteiger partial charge in [0, 0.05) is 25.7 Å². The Morgan fingerprint density at radius 2 is 2.18 bits per heavy atom. The molecule has 0 spiro atoms. The lowest BCUT2D eigenvalue weighted by Gasteiger charge is -2.27. The number of aromatic nitrogens is 2. The average molecular weight is 345 g/mol. The number of hydrogen-bond acceptors (Lipinski definition) is 6. The van der Waals surface area contributed by atoms with Gasteiger partial charge in [-0.05, 0) is 5.92 Å². The van der Waals surface area contributed by atoms with E-state index in [9.17, 15) is 4.79 Å². The van der Waals surface area contributed by atoms with Crippen molar-refractivity contribution in [3.63, 3.8) is 0 Å². The number of nitrogens with zero attached hydrogens (tertiary/aromatic N) is 3. The highest BCUT2D eigenvalue weighted by Gasteiger charge is 2.15. The summed E-state index contributed by atoms with van der Waals surface area (Å²) in [6, 6.07) is 1.75. The van der Waals surface area contributed by atoms with Gasteiger partial charge in [0.1, 0.15) is 11.0 Å². The van der Waals surface area contributed by atoms with Crippen LogP contribution < -0.4 is 10.2 Å². The Kier molecular flexibility index (Phi) is 6.72. The van der Waals surface area contributed by atoms with Gasteiger partial charge < -0.3 is 15.0 Å². The van der Waals surface area contributed by atoms with E-state index in [0.29, 0.717) is 36.0 Å². The first kappa shape index (κ1) is 17.3. The van der Waals surface area contributed by atoms with Crippen LogP contribution in [-0.4, -0.2) is 54.5 Å². The highest BCUT2D eigenvalue weighted by Crippen LogP contribution is 2.22. The lowest BCUT2D eigenvalue weighted by atomic mass is 10.2. The quantitative estimate of drug-likeness (QED) is 0.482. The van der Waals surface area contributed by atoms with Crippen molar-refractivity contribution >= 4 is 35.1 Å². The Labute approximate surface area is 140 Å². The molecule has 6 nitrogen and oxygen atoms in total. The van der Waals surface area contributed by atoms with Crippen LogP contribution in [0.1, 0.15) is 13.8 Å². The number of carbonyl (C=O) groups excluding carboxylic acids is 1. The van der Waals surface area contributed by atoms with Crippen molar-refractivity contribution in [1.29, 1.82) is 0 Å². The zero-order valence-corrected chi connectivity index (χ0v) is 14.4. The van der Waals surface area contributed by atoms with Crippen molar-refractivity contribution < 1.29 is 9.53 Å². The molecule has 1 aromatic rings. The second kappa shape index (κ2) is 8.55. The first-order valence-electron chi connectivity index (χ1n) is 7.31. The molecule has 2 heterocycles. The van der Waals surface area contributed by atoms with Crippen molar-refractivity contribution in [1.82, 2.24) is 15.3 Å². The molecule has 0 aromatic carbocycles. The molecule has 1 fully saturated rings. The van der Waals surface area contributed by atoms with E-state index in [1.54, 1.807) is 6.07 Å². The normalized spacial score (nSPS) is 15.2. The lowest BCUT2D eigenvalue weighted by Crippen LogP contribution is -2.36. The van der Waals surface area contributed by atoms with Crippen LogP contribution in [-0.2, 0) is 9.53 Å². The van der Waals surface area contributed by atoms with E-state index in [1.165, 1.54) is 11.8 Å². The topological polar surface area (TPSA) is 67.4 Å². The standard InChI is InChI=1S/C14H21ClN4O2S/c1-10(2)8-16-13(20)9-22-14-17-11(15)7-12(18-14)19-3-5-21-6-4-19/h7,10H,3-6,8-9H2,1-2H3,(H,16,20). The average Bonchev–Trinajstić information content (AvgIpc) is 2.51. The molecule has 0 unspecified atom stereocenters. The van der Waals surface area contributed by atoms with Crippen LogP contribution in [0.4, 0.5) is 5.82 Å². The van der Waals surface area contributed by atoms with Crippen LogP contribution in [0.2, 0.25) is 5.15 Å². The number of ether oxygens (including phenoxy) is 1. The molecule has 2 rings (SSSR count). The lowest BCUT2D eigenvalue weighted by molar-refractivity contribution is -0.118. The van der Waals surface area contributed by atoms with Crippen LogP contribution in [0.25, 0.3) is 0 Å². The zero-order valence-electron chi connectivity index (χ0n) is 12.8. The summed E-state index contributed by atoms with van der Waals surface area (Å²) in [5.41, 5.74) is 0. The summed E-state index contributed by atoms with van der Waals surface area (Å²) in [7, 11) is 0. The summed E-state index contributed by atoms with van der Waals surface area (Å²) in [5, 5.41) is 3.78. The highest BCUT2D eigenvalue weighted by molar-refractivity contribution is 7.99. The summed E-state index contributed by atoms with van der Waals surface area (Å²) >= 11 is 7.36. The van der Waals surface area contributed by atoms with Crippen LogP contribution >= 0.6 is 23.4 Å². The molecule has 1 amide bonds. The molecule has 122 valence electrons. The monoisotopic (exact) mass is 344 g/mol. The smallest absolute Gasteiger partial charge is 0.230 e. The van der Waals surface area contributed by atoms with E-state index in [2.05, 4.69) is 34.0 Å².